The third-order valence-electron chi connectivity index (χ3n) is 7.33. The minimum atomic E-state index is -2.35. The van der Waals surface area contributed by atoms with E-state index in [4.69, 9.17) is 47.4 Å². The van der Waals surface area contributed by atoms with Crippen molar-refractivity contribution >= 4 is 5.97 Å². The number of rotatable bonds is 40. The smallest absolute Gasteiger partial charge is 0.313 e. The highest BCUT2D eigenvalue weighted by molar-refractivity contribution is 5.72. The molecule has 0 N–H and O–H groups in total. The Morgan fingerprint density at radius 3 is 0.944 bits per heavy atom. The standard InChI is InChI=1S/C37H61F5O12/c1-2-3-4-5-6-7-8-9-11-44-13-15-46-17-19-48-21-23-50-25-27-52-29-30-53-28-26-51-24-22-49-20-18-47-16-14-45-12-10-31(43)54-37-35(41)33(39)32(38)34(40)36(37)42/h2-30H2,1H3. The van der Waals surface area contributed by atoms with Crippen molar-refractivity contribution in [2.75, 3.05) is 132 Å². The van der Waals surface area contributed by atoms with Crippen LogP contribution in [0.15, 0.2) is 0 Å². The molecule has 0 radical (unpaired) electrons. The fourth-order valence-corrected chi connectivity index (χ4v) is 4.41. The average Bonchev–Trinajstić information content (AvgIpc) is 3.17. The summed E-state index contributed by atoms with van der Waals surface area (Å²) in [6, 6.07) is 0. The van der Waals surface area contributed by atoms with Crippen LogP contribution in [0.25, 0.3) is 0 Å². The molecule has 17 heteroatoms. The van der Waals surface area contributed by atoms with Gasteiger partial charge in [-0.25, -0.2) is 13.2 Å². The van der Waals surface area contributed by atoms with Crippen LogP contribution < -0.4 is 4.74 Å². The first-order valence-corrected chi connectivity index (χ1v) is 18.9. The van der Waals surface area contributed by atoms with Gasteiger partial charge in [-0.15, -0.1) is 0 Å². The van der Waals surface area contributed by atoms with Gasteiger partial charge in [-0.2, -0.15) is 8.78 Å². The fourth-order valence-electron chi connectivity index (χ4n) is 4.41. The minimum Gasteiger partial charge on any atom is -0.420 e. The Bertz CT molecular complexity index is 1010. The maximum absolute atomic E-state index is 13.6. The van der Waals surface area contributed by atoms with Crippen LogP contribution >= 0.6 is 0 Å². The molecule has 0 aliphatic carbocycles. The van der Waals surface area contributed by atoms with Crippen LogP contribution in [-0.2, 0) is 52.2 Å². The summed E-state index contributed by atoms with van der Waals surface area (Å²) in [6.45, 7) is 10.3. The summed E-state index contributed by atoms with van der Waals surface area (Å²) in [5, 5.41) is 0. The molecule has 0 amide bonds. The summed E-state index contributed by atoms with van der Waals surface area (Å²) in [7, 11) is 0. The molecule has 0 heterocycles. The van der Waals surface area contributed by atoms with Crippen molar-refractivity contribution in [3.63, 3.8) is 0 Å². The van der Waals surface area contributed by atoms with E-state index in [1.807, 2.05) is 0 Å². The maximum atomic E-state index is 13.6. The largest absolute Gasteiger partial charge is 0.420 e. The quantitative estimate of drug-likeness (QED) is 0.0194. The zero-order valence-corrected chi connectivity index (χ0v) is 31.8. The monoisotopic (exact) mass is 792 g/mol. The molecule has 0 aliphatic rings. The lowest BCUT2D eigenvalue weighted by Gasteiger charge is -2.09. The molecule has 12 nitrogen and oxygen atoms in total. The summed E-state index contributed by atoms with van der Waals surface area (Å²) in [5.74, 6) is -14.1. The lowest BCUT2D eigenvalue weighted by atomic mass is 10.1. The molecule has 0 aliphatic heterocycles. The molecular weight excluding hydrogens is 731 g/mol. The van der Waals surface area contributed by atoms with Crippen LogP contribution in [0.4, 0.5) is 22.0 Å². The predicted octanol–water partition coefficient (Wildman–Crippen LogP) is 5.98. The molecule has 0 bridgehead atoms. The number of halogens is 5. The van der Waals surface area contributed by atoms with E-state index in [9.17, 15) is 26.7 Å². The molecule has 1 rings (SSSR count). The Kier molecular flexibility index (Phi) is 33.8. The summed E-state index contributed by atoms with van der Waals surface area (Å²) >= 11 is 0. The van der Waals surface area contributed by atoms with E-state index < -0.39 is 47.2 Å². The van der Waals surface area contributed by atoms with E-state index in [1.165, 1.54) is 44.9 Å². The zero-order chi connectivity index (χ0) is 39.3. The zero-order valence-electron chi connectivity index (χ0n) is 31.8. The van der Waals surface area contributed by atoms with Gasteiger partial charge in [-0.1, -0.05) is 51.9 Å². The number of hydrogen-bond acceptors (Lipinski definition) is 12. The second-order valence-electron chi connectivity index (χ2n) is 11.7. The Hall–Kier alpha value is -2.06. The molecule has 1 aromatic rings. The molecular formula is C37H61F5O12. The van der Waals surface area contributed by atoms with E-state index in [0.717, 1.165) is 13.0 Å². The highest BCUT2D eigenvalue weighted by atomic mass is 19.2. The summed E-state index contributed by atoms with van der Waals surface area (Å²) < 4.78 is 125. The number of hydrogen-bond donors (Lipinski definition) is 0. The minimum absolute atomic E-state index is 0.0839. The summed E-state index contributed by atoms with van der Waals surface area (Å²) in [5.41, 5.74) is 0. The molecule has 0 saturated heterocycles. The van der Waals surface area contributed by atoms with Gasteiger partial charge in [0.25, 0.3) is 0 Å². The van der Waals surface area contributed by atoms with Crippen molar-refractivity contribution in [3.8, 4) is 5.75 Å². The van der Waals surface area contributed by atoms with Crippen molar-refractivity contribution in [2.45, 2.75) is 64.7 Å². The van der Waals surface area contributed by atoms with E-state index in [2.05, 4.69) is 11.7 Å². The van der Waals surface area contributed by atoms with E-state index in [-0.39, 0.29) is 26.4 Å². The average molecular weight is 793 g/mol. The van der Waals surface area contributed by atoms with Gasteiger partial charge in [-0.05, 0) is 6.42 Å². The molecule has 316 valence electrons. The Morgan fingerprint density at radius 2 is 0.611 bits per heavy atom. The van der Waals surface area contributed by atoms with Crippen molar-refractivity contribution in [1.82, 2.24) is 0 Å². The number of benzene rings is 1. The number of esters is 1. The second-order valence-corrected chi connectivity index (χ2v) is 11.7. The van der Waals surface area contributed by atoms with E-state index >= 15 is 0 Å². The van der Waals surface area contributed by atoms with Gasteiger partial charge in [0.15, 0.2) is 0 Å². The molecule has 0 aromatic heterocycles. The topological polar surface area (TPSA) is 119 Å². The van der Waals surface area contributed by atoms with Crippen LogP contribution in [0, 0.1) is 29.1 Å². The first-order chi connectivity index (χ1) is 26.4. The molecule has 0 spiro atoms. The molecule has 54 heavy (non-hydrogen) atoms. The number of ether oxygens (including phenoxy) is 11. The van der Waals surface area contributed by atoms with Gasteiger partial charge in [0.05, 0.1) is 132 Å². The first-order valence-electron chi connectivity index (χ1n) is 18.9. The van der Waals surface area contributed by atoms with Gasteiger partial charge in [0, 0.05) is 6.61 Å². The van der Waals surface area contributed by atoms with Crippen molar-refractivity contribution < 1.29 is 78.9 Å². The Morgan fingerprint density at radius 1 is 0.352 bits per heavy atom. The fraction of sp³-hybridized carbons (Fsp3) is 0.811. The third-order valence-corrected chi connectivity index (χ3v) is 7.33. The number of carbonyl (C=O) groups excluding carboxylic acids is 1. The number of unbranched alkanes of at least 4 members (excludes halogenated alkanes) is 7. The lowest BCUT2D eigenvalue weighted by Crippen LogP contribution is -2.16. The van der Waals surface area contributed by atoms with Gasteiger partial charge < -0.3 is 52.1 Å². The van der Waals surface area contributed by atoms with Gasteiger partial charge in [0.2, 0.25) is 34.8 Å². The SMILES string of the molecule is CCCCCCCCCCOCCOCCOCCOCCOCCOCCOCCOCCOCCOCCC(=O)Oc1c(F)c(F)c(F)c(F)c1F. The highest BCUT2D eigenvalue weighted by Crippen LogP contribution is 2.29. The maximum Gasteiger partial charge on any atom is 0.313 e. The molecule has 0 fully saturated rings. The first kappa shape index (κ1) is 50.0. The lowest BCUT2D eigenvalue weighted by molar-refractivity contribution is -0.136. The molecule has 0 saturated carbocycles. The van der Waals surface area contributed by atoms with Gasteiger partial charge >= 0.3 is 5.97 Å². The van der Waals surface area contributed by atoms with Crippen LogP contribution in [0.2, 0.25) is 0 Å². The van der Waals surface area contributed by atoms with Gasteiger partial charge in [-0.3, -0.25) is 4.79 Å². The number of carbonyl (C=O) groups is 1. The van der Waals surface area contributed by atoms with Crippen molar-refractivity contribution in [2.24, 2.45) is 0 Å². The Balaban J connectivity index is 1.71. The predicted molar refractivity (Wildman–Crippen MR) is 187 cm³/mol. The third kappa shape index (κ3) is 27.5. The molecule has 0 atom stereocenters. The van der Waals surface area contributed by atoms with Crippen LogP contribution in [0.5, 0.6) is 5.75 Å². The second kappa shape index (κ2) is 36.6. The summed E-state index contributed by atoms with van der Waals surface area (Å²) in [4.78, 5) is 11.7. The molecule has 0 unspecified atom stereocenters. The van der Waals surface area contributed by atoms with E-state index in [1.54, 1.807) is 0 Å². The summed E-state index contributed by atoms with van der Waals surface area (Å²) in [6.07, 6.45) is 9.88. The van der Waals surface area contributed by atoms with Gasteiger partial charge in [0.1, 0.15) is 0 Å². The van der Waals surface area contributed by atoms with Crippen LogP contribution in [0.1, 0.15) is 64.7 Å². The van der Waals surface area contributed by atoms with Crippen molar-refractivity contribution in [3.05, 3.63) is 29.1 Å². The Labute approximate surface area is 316 Å². The van der Waals surface area contributed by atoms with E-state index in [0.29, 0.717) is 99.1 Å². The normalized spacial score (nSPS) is 11.5. The van der Waals surface area contributed by atoms with Crippen LogP contribution in [0.3, 0.4) is 0 Å². The highest BCUT2D eigenvalue weighted by Gasteiger charge is 2.28. The molecule has 1 aromatic carbocycles. The van der Waals surface area contributed by atoms with Crippen LogP contribution in [-0.4, -0.2) is 138 Å². The van der Waals surface area contributed by atoms with Crippen molar-refractivity contribution in [1.29, 1.82) is 0 Å².